The highest BCUT2D eigenvalue weighted by Crippen LogP contribution is 2.58. The van der Waals surface area contributed by atoms with Crippen LogP contribution >= 0.6 is 0 Å². The molecule has 1 aromatic heterocycles. The van der Waals surface area contributed by atoms with Crippen LogP contribution in [0.1, 0.15) is 35.1 Å². The zero-order chi connectivity index (χ0) is 22.9. The molecule has 0 bridgehead atoms. The van der Waals surface area contributed by atoms with Gasteiger partial charge in [0.25, 0.3) is 0 Å². The summed E-state index contributed by atoms with van der Waals surface area (Å²) in [6.07, 6.45) is -2.48. The average molecular weight is 442 g/mol. The van der Waals surface area contributed by atoms with Crippen molar-refractivity contribution in [1.82, 2.24) is 9.78 Å². The molecule has 1 fully saturated rings. The quantitative estimate of drug-likeness (QED) is 0.562. The van der Waals surface area contributed by atoms with Crippen LogP contribution in [0.3, 0.4) is 0 Å². The van der Waals surface area contributed by atoms with Gasteiger partial charge in [-0.3, -0.25) is 9.48 Å². The average Bonchev–Trinajstić information content (AvgIpc) is 3.45. The number of benzene rings is 2. The Labute approximate surface area is 181 Å². The molecule has 1 heterocycles. The lowest BCUT2D eigenvalue weighted by Crippen LogP contribution is -2.28. The van der Waals surface area contributed by atoms with Crippen molar-refractivity contribution in [2.75, 3.05) is 5.32 Å². The van der Waals surface area contributed by atoms with Crippen LogP contribution in [0.15, 0.2) is 54.7 Å². The van der Waals surface area contributed by atoms with E-state index in [9.17, 15) is 22.4 Å². The molecule has 1 N–H and O–H groups in total. The van der Waals surface area contributed by atoms with E-state index in [1.54, 1.807) is 36.5 Å². The molecule has 0 unspecified atom stereocenters. The maximum atomic E-state index is 13.7. The van der Waals surface area contributed by atoms with Gasteiger partial charge in [-0.05, 0) is 41.7 Å². The van der Waals surface area contributed by atoms with Crippen LogP contribution in [-0.4, -0.2) is 21.9 Å². The molecule has 5 nitrogen and oxygen atoms in total. The number of rotatable bonds is 6. The number of hydrogen-bond acceptors (Lipinski definition) is 3. The molecule has 0 radical (unpaired) electrons. The van der Waals surface area contributed by atoms with Crippen LogP contribution in [0.4, 0.5) is 23.4 Å². The molecule has 32 heavy (non-hydrogen) atoms. The van der Waals surface area contributed by atoms with Gasteiger partial charge in [0.2, 0.25) is 5.91 Å². The number of carbonyl (C=O) groups is 1. The van der Waals surface area contributed by atoms with Crippen molar-refractivity contribution in [2.24, 2.45) is 0 Å². The third-order valence-electron chi connectivity index (χ3n) is 5.57. The second-order valence-electron chi connectivity index (χ2n) is 7.83. The number of halogens is 4. The molecule has 1 aliphatic carbocycles. The molecule has 1 aliphatic rings. The summed E-state index contributed by atoms with van der Waals surface area (Å²) < 4.78 is 54.9. The number of hydrogen-bond donors (Lipinski definition) is 1. The fourth-order valence-corrected chi connectivity index (χ4v) is 3.63. The van der Waals surface area contributed by atoms with Gasteiger partial charge in [0.05, 0.1) is 23.9 Å². The minimum atomic E-state index is -4.27. The lowest BCUT2D eigenvalue weighted by molar-refractivity contribution is -0.160. The smallest absolute Gasteiger partial charge is 0.309 e. The van der Waals surface area contributed by atoms with Crippen LogP contribution in [0, 0.1) is 17.1 Å². The molecule has 2 aromatic carbocycles. The molecule has 0 atom stereocenters. The first-order valence-electron chi connectivity index (χ1n) is 9.88. The van der Waals surface area contributed by atoms with Gasteiger partial charge in [-0.25, -0.2) is 4.39 Å². The first-order chi connectivity index (χ1) is 15.2. The van der Waals surface area contributed by atoms with Gasteiger partial charge in [0.1, 0.15) is 11.9 Å². The van der Waals surface area contributed by atoms with Crippen LogP contribution < -0.4 is 5.32 Å². The second-order valence-corrected chi connectivity index (χ2v) is 7.83. The lowest BCUT2D eigenvalue weighted by Gasteiger charge is -2.19. The Hall–Kier alpha value is -3.67. The third-order valence-corrected chi connectivity index (χ3v) is 5.57. The number of carbonyl (C=O) groups excluding carboxylic acids is 1. The molecule has 0 spiro atoms. The van der Waals surface area contributed by atoms with Crippen molar-refractivity contribution in [3.63, 3.8) is 0 Å². The topological polar surface area (TPSA) is 70.7 Å². The Balaban J connectivity index is 1.35. The number of anilines is 1. The molecule has 9 heteroatoms. The largest absolute Gasteiger partial charge is 0.398 e. The first-order valence-corrected chi connectivity index (χ1v) is 9.88. The van der Waals surface area contributed by atoms with Crippen molar-refractivity contribution in [3.8, 4) is 6.07 Å². The number of aromatic nitrogens is 2. The Bertz CT molecular complexity index is 1190. The van der Waals surface area contributed by atoms with Gasteiger partial charge in [0, 0.05) is 12.3 Å². The highest BCUT2D eigenvalue weighted by molar-refractivity contribution is 5.91. The highest BCUT2D eigenvalue weighted by Gasteiger charge is 2.64. The van der Waals surface area contributed by atoms with Crippen LogP contribution in [0.2, 0.25) is 0 Å². The van der Waals surface area contributed by atoms with E-state index in [1.807, 2.05) is 0 Å². The van der Waals surface area contributed by atoms with Gasteiger partial charge >= 0.3 is 6.18 Å². The molecule has 0 aliphatic heterocycles. The summed E-state index contributed by atoms with van der Waals surface area (Å²) in [4.78, 5) is 12.3. The summed E-state index contributed by atoms with van der Waals surface area (Å²) >= 11 is 0. The normalized spacial score (nSPS) is 14.6. The standard InChI is InChI=1S/C23H18F4N4O/c24-19-11-16(1-4-17(19)13-28)14-31-10-7-20(30-31)29-21(32)12-15-2-5-18(6-3-15)22(8-9-22)23(25,26)27/h1-7,10-11H,8-9,12,14H2,(H,29,30,32). The van der Waals surface area contributed by atoms with E-state index in [0.717, 1.165) is 0 Å². The van der Waals surface area contributed by atoms with Crippen molar-refractivity contribution < 1.29 is 22.4 Å². The predicted molar refractivity (Wildman–Crippen MR) is 108 cm³/mol. The fourth-order valence-electron chi connectivity index (χ4n) is 3.63. The van der Waals surface area contributed by atoms with Crippen molar-refractivity contribution >= 4 is 11.7 Å². The first kappa shape index (κ1) is 21.6. The number of amides is 1. The van der Waals surface area contributed by atoms with Crippen LogP contribution in [0.5, 0.6) is 0 Å². The Morgan fingerprint density at radius 1 is 1.12 bits per heavy atom. The van der Waals surface area contributed by atoms with Gasteiger partial charge in [0.15, 0.2) is 5.82 Å². The maximum Gasteiger partial charge on any atom is 0.398 e. The predicted octanol–water partition coefficient (Wildman–Crippen LogP) is 4.72. The zero-order valence-electron chi connectivity index (χ0n) is 16.8. The SMILES string of the molecule is N#Cc1ccc(Cn2ccc(NC(=O)Cc3ccc(C4(C(F)(F)F)CC4)cc3)n2)cc1F. The number of alkyl halides is 3. The van der Waals surface area contributed by atoms with E-state index in [4.69, 9.17) is 5.26 Å². The monoisotopic (exact) mass is 442 g/mol. The highest BCUT2D eigenvalue weighted by atomic mass is 19.4. The van der Waals surface area contributed by atoms with Gasteiger partial charge in [-0.1, -0.05) is 30.3 Å². The van der Waals surface area contributed by atoms with Gasteiger partial charge in [-0.15, -0.1) is 0 Å². The molecule has 4 rings (SSSR count). The zero-order valence-corrected chi connectivity index (χ0v) is 16.8. The molecule has 1 saturated carbocycles. The van der Waals surface area contributed by atoms with Crippen molar-refractivity contribution in [2.45, 2.75) is 37.4 Å². The summed E-state index contributed by atoms with van der Waals surface area (Å²) in [5, 5.41) is 15.6. The van der Waals surface area contributed by atoms with E-state index in [2.05, 4.69) is 10.4 Å². The summed E-state index contributed by atoms with van der Waals surface area (Å²) in [5.41, 5.74) is -0.349. The van der Waals surface area contributed by atoms with Gasteiger partial charge < -0.3 is 5.32 Å². The Morgan fingerprint density at radius 2 is 1.81 bits per heavy atom. The van der Waals surface area contributed by atoms with E-state index >= 15 is 0 Å². The molecule has 164 valence electrons. The molecular formula is C23H18F4N4O. The third kappa shape index (κ3) is 4.35. The minimum absolute atomic E-state index is 0.00695. The van der Waals surface area contributed by atoms with Crippen molar-refractivity contribution in [3.05, 3.63) is 82.8 Å². The van der Waals surface area contributed by atoms with E-state index in [0.29, 0.717) is 16.9 Å². The maximum absolute atomic E-state index is 13.7. The number of nitrogens with zero attached hydrogens (tertiary/aromatic N) is 3. The Morgan fingerprint density at radius 3 is 2.41 bits per heavy atom. The minimum Gasteiger partial charge on any atom is -0.309 e. The van der Waals surface area contributed by atoms with Crippen LogP contribution in [0.25, 0.3) is 0 Å². The van der Waals surface area contributed by atoms with Gasteiger partial charge in [-0.2, -0.15) is 23.5 Å². The van der Waals surface area contributed by atoms with E-state index < -0.39 is 17.4 Å². The fraction of sp³-hybridized carbons (Fsp3) is 0.261. The summed E-state index contributed by atoms with van der Waals surface area (Å²) in [6.45, 7) is 0.251. The lowest BCUT2D eigenvalue weighted by atomic mass is 9.94. The van der Waals surface area contributed by atoms with Crippen molar-refractivity contribution in [1.29, 1.82) is 5.26 Å². The molecular weight excluding hydrogens is 424 g/mol. The van der Waals surface area contributed by atoms with Crippen LogP contribution in [-0.2, 0) is 23.2 Å². The van der Waals surface area contributed by atoms with E-state index in [1.165, 1.54) is 28.9 Å². The van der Waals surface area contributed by atoms with E-state index in [-0.39, 0.29) is 42.8 Å². The number of nitriles is 1. The molecule has 0 saturated heterocycles. The summed E-state index contributed by atoms with van der Waals surface area (Å²) in [5.74, 6) is -0.668. The number of nitrogens with one attached hydrogen (secondary N) is 1. The summed E-state index contributed by atoms with van der Waals surface area (Å²) in [6, 6.07) is 13.6. The molecule has 1 amide bonds. The second kappa shape index (κ2) is 8.11. The Kier molecular flexibility index (Phi) is 5.46. The summed E-state index contributed by atoms with van der Waals surface area (Å²) in [7, 11) is 0. The molecule has 3 aromatic rings.